The number of rotatable bonds is 3. The molecule has 0 aliphatic rings. The third-order valence-electron chi connectivity index (χ3n) is 2.86. The molecule has 1 aromatic heterocycles. The molecule has 0 atom stereocenters. The molecule has 0 fully saturated rings. The molecule has 0 aliphatic heterocycles. The van der Waals surface area contributed by atoms with Gasteiger partial charge in [-0.2, -0.15) is 0 Å². The van der Waals surface area contributed by atoms with Crippen molar-refractivity contribution in [1.82, 2.24) is 9.88 Å². The van der Waals surface area contributed by atoms with E-state index in [0.717, 1.165) is 17.4 Å². The summed E-state index contributed by atoms with van der Waals surface area (Å²) in [5.74, 6) is -0.298. The molecule has 1 aromatic carbocycles. The van der Waals surface area contributed by atoms with Gasteiger partial charge in [0.05, 0.1) is 18.2 Å². The highest BCUT2D eigenvalue weighted by atomic mass is 16.5. The molecule has 1 N–H and O–H groups in total. The molecule has 1 heterocycles. The topological polar surface area (TPSA) is 43.3 Å². The zero-order valence-corrected chi connectivity index (χ0v) is 10.3. The monoisotopic (exact) mass is 232 g/mol. The van der Waals surface area contributed by atoms with Crippen LogP contribution in [0, 0.1) is 0 Å². The molecule has 0 amide bonds. The van der Waals surface area contributed by atoms with Crippen LogP contribution >= 0.6 is 0 Å². The number of carbonyl (C=O) groups is 1. The van der Waals surface area contributed by atoms with Gasteiger partial charge in [0.2, 0.25) is 0 Å². The van der Waals surface area contributed by atoms with E-state index in [1.165, 1.54) is 12.7 Å². The van der Waals surface area contributed by atoms with Crippen LogP contribution in [0.2, 0.25) is 0 Å². The first-order valence-corrected chi connectivity index (χ1v) is 5.49. The summed E-state index contributed by atoms with van der Waals surface area (Å²) in [7, 11) is 5.25. The molecule has 2 rings (SSSR count). The molecule has 0 unspecified atom stereocenters. The van der Waals surface area contributed by atoms with Crippen molar-refractivity contribution < 1.29 is 9.53 Å². The molecule has 2 aromatic rings. The number of methoxy groups -OCH3 is 1. The standard InChI is InChI=1S/C13H16N2O2/c1-14-7-9-8-15(2)12-10(9)5-4-6-11(12)13(16)17-3/h4-6,8,14H,7H2,1-3H3. The quantitative estimate of drug-likeness (QED) is 0.819. The fourth-order valence-corrected chi connectivity index (χ4v) is 2.16. The molecule has 0 aliphatic carbocycles. The predicted molar refractivity (Wildman–Crippen MR) is 67.0 cm³/mol. The first kappa shape index (κ1) is 11.7. The Bertz CT molecular complexity index is 558. The zero-order valence-electron chi connectivity index (χ0n) is 10.3. The highest BCUT2D eigenvalue weighted by Crippen LogP contribution is 2.24. The molecule has 17 heavy (non-hydrogen) atoms. The average molecular weight is 232 g/mol. The fraction of sp³-hybridized carbons (Fsp3) is 0.308. The summed E-state index contributed by atoms with van der Waals surface area (Å²) in [5, 5.41) is 4.21. The number of para-hydroxylation sites is 1. The summed E-state index contributed by atoms with van der Waals surface area (Å²) >= 11 is 0. The molecule has 90 valence electrons. The van der Waals surface area contributed by atoms with Crippen molar-refractivity contribution >= 4 is 16.9 Å². The molecule has 4 nitrogen and oxygen atoms in total. The second kappa shape index (κ2) is 4.59. The van der Waals surface area contributed by atoms with Crippen molar-refractivity contribution in [1.29, 1.82) is 0 Å². The smallest absolute Gasteiger partial charge is 0.340 e. The number of ether oxygens (including phenoxy) is 1. The van der Waals surface area contributed by atoms with Gasteiger partial charge in [0.1, 0.15) is 0 Å². The lowest BCUT2D eigenvalue weighted by molar-refractivity contribution is 0.0602. The summed E-state index contributed by atoms with van der Waals surface area (Å²) in [6, 6.07) is 5.69. The summed E-state index contributed by atoms with van der Waals surface area (Å²) < 4.78 is 6.77. The Hall–Kier alpha value is -1.81. The highest BCUT2D eigenvalue weighted by Gasteiger charge is 2.15. The van der Waals surface area contributed by atoms with E-state index in [-0.39, 0.29) is 5.97 Å². The van der Waals surface area contributed by atoms with Crippen LogP contribution in [0.1, 0.15) is 15.9 Å². The largest absolute Gasteiger partial charge is 0.465 e. The lowest BCUT2D eigenvalue weighted by Crippen LogP contribution is -2.04. The number of nitrogens with zero attached hydrogens (tertiary/aromatic N) is 1. The van der Waals surface area contributed by atoms with Crippen LogP contribution in [0.3, 0.4) is 0 Å². The second-order valence-corrected chi connectivity index (χ2v) is 3.99. The van der Waals surface area contributed by atoms with Crippen molar-refractivity contribution in [3.05, 3.63) is 35.5 Å². The minimum Gasteiger partial charge on any atom is -0.465 e. The van der Waals surface area contributed by atoms with Crippen LogP contribution in [0.15, 0.2) is 24.4 Å². The van der Waals surface area contributed by atoms with Crippen LogP contribution in [-0.2, 0) is 18.3 Å². The van der Waals surface area contributed by atoms with Crippen molar-refractivity contribution in [3.63, 3.8) is 0 Å². The van der Waals surface area contributed by atoms with Crippen molar-refractivity contribution in [3.8, 4) is 0 Å². The lowest BCUT2D eigenvalue weighted by atomic mass is 10.1. The fourth-order valence-electron chi connectivity index (χ4n) is 2.16. The number of aromatic nitrogens is 1. The maximum atomic E-state index is 11.7. The summed E-state index contributed by atoms with van der Waals surface area (Å²) in [4.78, 5) is 11.7. The zero-order chi connectivity index (χ0) is 12.4. The molecule has 4 heteroatoms. The van der Waals surface area contributed by atoms with Crippen LogP contribution in [-0.4, -0.2) is 24.7 Å². The molecule has 0 radical (unpaired) electrons. The number of esters is 1. The summed E-state index contributed by atoms with van der Waals surface area (Å²) in [5.41, 5.74) is 2.70. The maximum absolute atomic E-state index is 11.7. The molecular formula is C13H16N2O2. The minimum absolute atomic E-state index is 0.298. The predicted octanol–water partition coefficient (Wildman–Crippen LogP) is 1.68. The number of carbonyl (C=O) groups excluding carboxylic acids is 1. The first-order valence-electron chi connectivity index (χ1n) is 5.49. The van der Waals surface area contributed by atoms with Gasteiger partial charge in [-0.15, -0.1) is 0 Å². The van der Waals surface area contributed by atoms with Crippen LogP contribution in [0.25, 0.3) is 10.9 Å². The van der Waals surface area contributed by atoms with E-state index in [1.54, 1.807) is 6.07 Å². The van der Waals surface area contributed by atoms with Crippen molar-refractivity contribution in [2.75, 3.05) is 14.2 Å². The number of fused-ring (bicyclic) bond motifs is 1. The van der Waals surface area contributed by atoms with Crippen LogP contribution in [0.5, 0.6) is 0 Å². The molecule has 0 bridgehead atoms. The van der Waals surface area contributed by atoms with Gasteiger partial charge in [-0.05, 0) is 18.7 Å². The Morgan fingerprint density at radius 1 is 1.47 bits per heavy atom. The van der Waals surface area contributed by atoms with Gasteiger partial charge in [-0.25, -0.2) is 4.79 Å². The molecule has 0 saturated carbocycles. The first-order chi connectivity index (χ1) is 8.19. The number of nitrogens with one attached hydrogen (secondary N) is 1. The van der Waals surface area contributed by atoms with Gasteiger partial charge >= 0.3 is 5.97 Å². The van der Waals surface area contributed by atoms with E-state index in [2.05, 4.69) is 5.32 Å². The van der Waals surface area contributed by atoms with E-state index in [4.69, 9.17) is 4.74 Å². The summed E-state index contributed by atoms with van der Waals surface area (Å²) in [6.07, 6.45) is 2.04. The van der Waals surface area contributed by atoms with E-state index in [1.807, 2.05) is 37.0 Å². The van der Waals surface area contributed by atoms with Crippen LogP contribution < -0.4 is 5.32 Å². The van der Waals surface area contributed by atoms with Crippen molar-refractivity contribution in [2.45, 2.75) is 6.54 Å². The molecule has 0 saturated heterocycles. The Morgan fingerprint density at radius 2 is 2.24 bits per heavy atom. The number of aryl methyl sites for hydroxylation is 1. The van der Waals surface area contributed by atoms with E-state index < -0.39 is 0 Å². The van der Waals surface area contributed by atoms with Gasteiger partial charge in [0, 0.05) is 25.2 Å². The third kappa shape index (κ3) is 1.91. The van der Waals surface area contributed by atoms with Crippen molar-refractivity contribution in [2.24, 2.45) is 7.05 Å². The van der Waals surface area contributed by atoms with Gasteiger partial charge in [0.25, 0.3) is 0 Å². The Balaban J connectivity index is 2.68. The molecule has 0 spiro atoms. The van der Waals surface area contributed by atoms with E-state index in [0.29, 0.717) is 5.56 Å². The highest BCUT2D eigenvalue weighted by molar-refractivity contribution is 6.04. The van der Waals surface area contributed by atoms with E-state index in [9.17, 15) is 4.79 Å². The normalized spacial score (nSPS) is 10.8. The minimum atomic E-state index is -0.298. The SMILES string of the molecule is CNCc1cn(C)c2c(C(=O)OC)cccc12. The third-order valence-corrected chi connectivity index (χ3v) is 2.86. The average Bonchev–Trinajstić information content (AvgIpc) is 2.66. The maximum Gasteiger partial charge on any atom is 0.340 e. The second-order valence-electron chi connectivity index (χ2n) is 3.99. The van der Waals surface area contributed by atoms with Gasteiger partial charge in [-0.3, -0.25) is 0 Å². The van der Waals surface area contributed by atoms with E-state index >= 15 is 0 Å². The van der Waals surface area contributed by atoms with Gasteiger partial charge in [-0.1, -0.05) is 12.1 Å². The Kier molecular flexibility index (Phi) is 3.15. The Morgan fingerprint density at radius 3 is 2.88 bits per heavy atom. The molecular weight excluding hydrogens is 216 g/mol. The number of hydrogen-bond acceptors (Lipinski definition) is 3. The lowest BCUT2D eigenvalue weighted by Gasteiger charge is -2.04. The van der Waals surface area contributed by atoms with Crippen LogP contribution in [0.4, 0.5) is 0 Å². The van der Waals surface area contributed by atoms with Gasteiger partial charge < -0.3 is 14.6 Å². The number of hydrogen-bond donors (Lipinski definition) is 1. The Labute approximate surface area is 100 Å². The van der Waals surface area contributed by atoms with Gasteiger partial charge in [0.15, 0.2) is 0 Å². The summed E-state index contributed by atoms with van der Waals surface area (Å²) in [6.45, 7) is 0.780. The number of benzene rings is 1.